The van der Waals surface area contributed by atoms with Crippen LogP contribution in [-0.2, 0) is 22.5 Å². The van der Waals surface area contributed by atoms with E-state index < -0.39 is 0 Å². The van der Waals surface area contributed by atoms with Crippen LogP contribution in [0.4, 0.5) is 0 Å². The number of ether oxygens (including phenoxy) is 1. The lowest BCUT2D eigenvalue weighted by Crippen LogP contribution is -2.30. The van der Waals surface area contributed by atoms with Gasteiger partial charge in [0, 0.05) is 39.6 Å². The summed E-state index contributed by atoms with van der Waals surface area (Å²) in [4.78, 5) is 11.7. The van der Waals surface area contributed by atoms with Crippen molar-refractivity contribution in [2.24, 2.45) is 0 Å². The Hall–Kier alpha value is -1.47. The van der Waals surface area contributed by atoms with Gasteiger partial charge in [-0.1, -0.05) is 0 Å². The Bertz CT molecular complexity index is 432. The fraction of sp³-hybridized carbons (Fsp3) is 0.750. The molecule has 1 aliphatic rings. The zero-order valence-corrected chi connectivity index (χ0v) is 11.5. The lowest BCUT2D eigenvalue weighted by molar-refractivity contribution is -0.122. The number of aromatic nitrogens is 3. The minimum absolute atomic E-state index is 0.0292. The van der Waals surface area contributed by atoms with Crippen molar-refractivity contribution in [2.75, 3.05) is 26.8 Å². The van der Waals surface area contributed by atoms with Gasteiger partial charge in [0.15, 0.2) is 5.82 Å². The molecule has 1 aromatic heterocycles. The minimum Gasteiger partial charge on any atom is -0.384 e. The van der Waals surface area contributed by atoms with E-state index in [9.17, 15) is 4.79 Å². The van der Waals surface area contributed by atoms with Gasteiger partial charge in [0.1, 0.15) is 5.82 Å². The van der Waals surface area contributed by atoms with Crippen LogP contribution in [0.5, 0.6) is 0 Å². The van der Waals surface area contributed by atoms with Gasteiger partial charge in [-0.2, -0.15) is 0 Å². The Labute approximate surface area is 112 Å². The molecule has 0 saturated carbocycles. The molecule has 2 rings (SSSR count). The average Bonchev–Trinajstić information content (AvgIpc) is 2.66. The van der Waals surface area contributed by atoms with Crippen molar-refractivity contribution in [1.82, 2.24) is 25.4 Å². The SMILES string of the molecule is COCCC(=O)N[C@@H](C)c1nnc2n1CCNCC2. The Kier molecular flexibility index (Phi) is 4.86. The van der Waals surface area contributed by atoms with Crippen LogP contribution < -0.4 is 10.6 Å². The molecule has 1 aromatic rings. The lowest BCUT2D eigenvalue weighted by atomic mass is 10.3. The number of nitrogens with one attached hydrogen (secondary N) is 2. The summed E-state index contributed by atoms with van der Waals surface area (Å²) in [5.41, 5.74) is 0. The molecule has 1 atom stereocenters. The standard InChI is InChI=1S/C12H21N5O2/c1-9(14-11(18)4-8-19-2)12-16-15-10-3-5-13-6-7-17(10)12/h9,13H,3-8H2,1-2H3,(H,14,18)/t9-/m0/s1. The summed E-state index contributed by atoms with van der Waals surface area (Å²) in [5, 5.41) is 14.7. The van der Waals surface area contributed by atoms with Crippen molar-refractivity contribution in [3.63, 3.8) is 0 Å². The summed E-state index contributed by atoms with van der Waals surface area (Å²) in [7, 11) is 1.59. The second kappa shape index (κ2) is 6.63. The number of amides is 1. The summed E-state index contributed by atoms with van der Waals surface area (Å²) in [5.74, 6) is 1.78. The molecule has 0 aromatic carbocycles. The van der Waals surface area contributed by atoms with Gasteiger partial charge in [0.2, 0.25) is 5.91 Å². The zero-order valence-electron chi connectivity index (χ0n) is 11.5. The second-order valence-electron chi connectivity index (χ2n) is 4.66. The number of carbonyl (C=O) groups is 1. The van der Waals surface area contributed by atoms with Gasteiger partial charge in [-0.05, 0) is 6.92 Å². The van der Waals surface area contributed by atoms with E-state index in [1.54, 1.807) is 7.11 Å². The molecular formula is C12H21N5O2. The first-order chi connectivity index (χ1) is 9.22. The van der Waals surface area contributed by atoms with Gasteiger partial charge in [-0.15, -0.1) is 10.2 Å². The Morgan fingerprint density at radius 2 is 2.37 bits per heavy atom. The molecule has 7 nitrogen and oxygen atoms in total. The van der Waals surface area contributed by atoms with Crippen molar-refractivity contribution in [3.8, 4) is 0 Å². The number of hydrogen-bond acceptors (Lipinski definition) is 5. The number of hydrogen-bond donors (Lipinski definition) is 2. The molecule has 1 aliphatic heterocycles. The highest BCUT2D eigenvalue weighted by Gasteiger charge is 2.20. The monoisotopic (exact) mass is 267 g/mol. The van der Waals surface area contributed by atoms with E-state index in [1.165, 1.54) is 0 Å². The van der Waals surface area contributed by atoms with Crippen LogP contribution in [0.1, 0.15) is 31.0 Å². The van der Waals surface area contributed by atoms with E-state index in [-0.39, 0.29) is 11.9 Å². The van der Waals surface area contributed by atoms with Crippen LogP contribution in [0.3, 0.4) is 0 Å². The average molecular weight is 267 g/mol. The second-order valence-corrected chi connectivity index (χ2v) is 4.66. The van der Waals surface area contributed by atoms with Gasteiger partial charge in [0.05, 0.1) is 12.6 Å². The normalized spacial score (nSPS) is 16.5. The van der Waals surface area contributed by atoms with Crippen LogP contribution in [0, 0.1) is 0 Å². The first-order valence-corrected chi connectivity index (χ1v) is 6.63. The quantitative estimate of drug-likeness (QED) is 0.761. The molecule has 0 radical (unpaired) electrons. The van der Waals surface area contributed by atoms with Crippen molar-refractivity contribution >= 4 is 5.91 Å². The third kappa shape index (κ3) is 3.51. The summed E-state index contributed by atoms with van der Waals surface area (Å²) in [6.07, 6.45) is 1.24. The highest BCUT2D eigenvalue weighted by molar-refractivity contribution is 5.76. The predicted octanol–water partition coefficient (Wildman–Crippen LogP) is -0.362. The lowest BCUT2D eigenvalue weighted by Gasteiger charge is -2.15. The van der Waals surface area contributed by atoms with Crippen molar-refractivity contribution in [3.05, 3.63) is 11.6 Å². The topological polar surface area (TPSA) is 81.1 Å². The molecule has 0 unspecified atom stereocenters. The molecule has 2 N–H and O–H groups in total. The van der Waals surface area contributed by atoms with E-state index in [0.717, 1.165) is 37.7 Å². The summed E-state index contributed by atoms with van der Waals surface area (Å²) >= 11 is 0. The van der Waals surface area contributed by atoms with Gasteiger partial charge >= 0.3 is 0 Å². The molecular weight excluding hydrogens is 246 g/mol. The van der Waals surface area contributed by atoms with Crippen LogP contribution in [-0.4, -0.2) is 47.5 Å². The van der Waals surface area contributed by atoms with E-state index in [1.807, 2.05) is 6.92 Å². The Morgan fingerprint density at radius 3 is 3.16 bits per heavy atom. The van der Waals surface area contributed by atoms with Gasteiger partial charge in [-0.3, -0.25) is 4.79 Å². The molecule has 0 saturated heterocycles. The summed E-state index contributed by atoms with van der Waals surface area (Å²) < 4.78 is 6.99. The van der Waals surface area contributed by atoms with Gasteiger partial charge < -0.3 is 19.9 Å². The largest absolute Gasteiger partial charge is 0.384 e. The first kappa shape index (κ1) is 14.0. The third-order valence-electron chi connectivity index (χ3n) is 3.19. The minimum atomic E-state index is -0.135. The molecule has 1 amide bonds. The van der Waals surface area contributed by atoms with Gasteiger partial charge in [0.25, 0.3) is 0 Å². The highest BCUT2D eigenvalue weighted by atomic mass is 16.5. The van der Waals surface area contributed by atoms with Crippen LogP contribution in [0.15, 0.2) is 0 Å². The maximum Gasteiger partial charge on any atom is 0.222 e. The number of carbonyl (C=O) groups excluding carboxylic acids is 1. The molecule has 0 aliphatic carbocycles. The Balaban J connectivity index is 2.01. The van der Waals surface area contributed by atoms with E-state index in [2.05, 4.69) is 25.4 Å². The maximum absolute atomic E-state index is 11.7. The van der Waals surface area contributed by atoms with Crippen molar-refractivity contribution in [1.29, 1.82) is 0 Å². The number of fused-ring (bicyclic) bond motifs is 1. The Morgan fingerprint density at radius 1 is 1.53 bits per heavy atom. The maximum atomic E-state index is 11.7. The van der Waals surface area contributed by atoms with Crippen molar-refractivity contribution in [2.45, 2.75) is 32.4 Å². The molecule has 2 heterocycles. The first-order valence-electron chi connectivity index (χ1n) is 6.63. The molecule has 0 bridgehead atoms. The fourth-order valence-corrected chi connectivity index (χ4v) is 2.19. The molecule has 19 heavy (non-hydrogen) atoms. The molecule has 106 valence electrons. The summed E-state index contributed by atoms with van der Waals surface area (Å²) in [6, 6.07) is -0.135. The van der Waals surface area contributed by atoms with E-state index >= 15 is 0 Å². The third-order valence-corrected chi connectivity index (χ3v) is 3.19. The molecule has 0 fully saturated rings. The van der Waals surface area contributed by atoms with Crippen LogP contribution >= 0.6 is 0 Å². The molecule has 7 heteroatoms. The highest BCUT2D eigenvalue weighted by Crippen LogP contribution is 2.13. The number of rotatable bonds is 5. The van der Waals surface area contributed by atoms with Gasteiger partial charge in [-0.25, -0.2) is 0 Å². The van der Waals surface area contributed by atoms with Crippen LogP contribution in [0.2, 0.25) is 0 Å². The molecule has 0 spiro atoms. The van der Waals surface area contributed by atoms with Crippen molar-refractivity contribution < 1.29 is 9.53 Å². The zero-order chi connectivity index (χ0) is 13.7. The number of methoxy groups -OCH3 is 1. The van der Waals surface area contributed by atoms with E-state index in [4.69, 9.17) is 4.74 Å². The fourth-order valence-electron chi connectivity index (χ4n) is 2.19. The summed E-state index contributed by atoms with van der Waals surface area (Å²) in [6.45, 7) is 5.03. The smallest absolute Gasteiger partial charge is 0.222 e. The predicted molar refractivity (Wildman–Crippen MR) is 69.6 cm³/mol. The van der Waals surface area contributed by atoms with Crippen LogP contribution in [0.25, 0.3) is 0 Å². The van der Waals surface area contributed by atoms with E-state index in [0.29, 0.717) is 13.0 Å². The number of nitrogens with zero attached hydrogens (tertiary/aromatic N) is 3.